The highest BCUT2D eigenvalue weighted by Gasteiger charge is 1.84. The molecule has 0 aliphatic carbocycles. The monoisotopic (exact) mass is 334 g/mol. The molecule has 3 rings (SSSR count). The molecular formula is C25H34. The minimum Gasteiger partial charge on any atom is -0.0683 e. The van der Waals surface area contributed by atoms with Crippen LogP contribution in [0.25, 0.3) is 0 Å². The lowest BCUT2D eigenvalue weighted by Gasteiger charge is -1.94. The van der Waals surface area contributed by atoms with E-state index in [0.717, 1.165) is 6.42 Å². The molecule has 0 fully saturated rings. The molecule has 0 aromatic heterocycles. The van der Waals surface area contributed by atoms with Crippen LogP contribution in [0.2, 0.25) is 0 Å². The highest BCUT2D eigenvalue weighted by Crippen LogP contribution is 2.02. The fourth-order valence-electron chi connectivity index (χ4n) is 1.89. The Morgan fingerprint density at radius 2 is 0.800 bits per heavy atom. The van der Waals surface area contributed by atoms with Gasteiger partial charge in [-0.25, -0.2) is 0 Å². The molecule has 0 spiro atoms. The summed E-state index contributed by atoms with van der Waals surface area (Å²) in [5, 5.41) is 0. The Morgan fingerprint density at radius 3 is 1.04 bits per heavy atom. The minimum absolute atomic E-state index is 1.14. The summed E-state index contributed by atoms with van der Waals surface area (Å²) in [4.78, 5) is 0. The van der Waals surface area contributed by atoms with Gasteiger partial charge >= 0.3 is 0 Å². The molecule has 0 saturated heterocycles. The predicted molar refractivity (Wildman–Crippen MR) is 114 cm³/mol. The molecule has 0 bridgehead atoms. The molecule has 0 saturated carbocycles. The topological polar surface area (TPSA) is 0 Å². The molecule has 0 aliphatic rings. The van der Waals surface area contributed by atoms with Crippen molar-refractivity contribution in [2.75, 3.05) is 0 Å². The van der Waals surface area contributed by atoms with E-state index in [2.05, 4.69) is 76.2 Å². The van der Waals surface area contributed by atoms with Crippen molar-refractivity contribution in [3.63, 3.8) is 0 Å². The third kappa shape index (κ3) is 12.7. The normalized spacial score (nSPS) is 8.56. The quantitative estimate of drug-likeness (QED) is 0.430. The van der Waals surface area contributed by atoms with Gasteiger partial charge in [0.05, 0.1) is 0 Å². The molecule has 3 aromatic rings. The van der Waals surface area contributed by atoms with Crippen LogP contribution in [0.5, 0.6) is 0 Å². The number of aryl methyl sites for hydroxylation is 4. The third-order valence-corrected chi connectivity index (χ3v) is 3.41. The van der Waals surface area contributed by atoms with Crippen molar-refractivity contribution < 1.29 is 0 Å². The van der Waals surface area contributed by atoms with Gasteiger partial charge in [-0.05, 0) is 32.8 Å². The standard InChI is InChI=1S/C9H12.2C7H8.C2H6/c1-3-9-6-4-8(2)5-7-9;2*1-7-5-3-2-4-6-7;1-2/h4-7H,3H2,1-2H3;2*2-6H,1H3;1-2H3. The zero-order chi connectivity index (χ0) is 18.9. The van der Waals surface area contributed by atoms with Gasteiger partial charge in [0.1, 0.15) is 0 Å². The van der Waals surface area contributed by atoms with Gasteiger partial charge < -0.3 is 0 Å². The SMILES string of the molecule is CC.CCc1ccc(C)cc1.Cc1ccccc1.Cc1ccccc1. The number of hydrogen-bond acceptors (Lipinski definition) is 0. The van der Waals surface area contributed by atoms with Crippen molar-refractivity contribution in [3.8, 4) is 0 Å². The Hall–Kier alpha value is -2.34. The van der Waals surface area contributed by atoms with Crippen LogP contribution in [0, 0.1) is 20.8 Å². The Balaban J connectivity index is 0.000000332. The average Bonchev–Trinajstić information content (AvgIpc) is 2.66. The fourth-order valence-corrected chi connectivity index (χ4v) is 1.89. The van der Waals surface area contributed by atoms with E-state index in [1.807, 2.05) is 50.2 Å². The smallest absolute Gasteiger partial charge is 0.0307 e. The second-order valence-corrected chi connectivity index (χ2v) is 5.65. The Labute approximate surface area is 155 Å². The summed E-state index contributed by atoms with van der Waals surface area (Å²) in [7, 11) is 0. The lowest BCUT2D eigenvalue weighted by Crippen LogP contribution is -1.77. The molecule has 0 amide bonds. The van der Waals surface area contributed by atoms with E-state index in [1.165, 1.54) is 22.3 Å². The molecule has 0 aliphatic heterocycles. The van der Waals surface area contributed by atoms with Gasteiger partial charge in [0.25, 0.3) is 0 Å². The van der Waals surface area contributed by atoms with Gasteiger partial charge in [-0.1, -0.05) is 122 Å². The molecule has 134 valence electrons. The maximum atomic E-state index is 2.18. The van der Waals surface area contributed by atoms with Crippen molar-refractivity contribution >= 4 is 0 Å². The van der Waals surface area contributed by atoms with Crippen LogP contribution in [-0.2, 0) is 6.42 Å². The van der Waals surface area contributed by atoms with E-state index in [9.17, 15) is 0 Å². The van der Waals surface area contributed by atoms with Crippen LogP contribution in [0.4, 0.5) is 0 Å². The maximum Gasteiger partial charge on any atom is -0.0307 e. The minimum atomic E-state index is 1.14. The van der Waals surface area contributed by atoms with Gasteiger partial charge in [0.15, 0.2) is 0 Å². The highest BCUT2D eigenvalue weighted by atomic mass is 13.9. The zero-order valence-corrected chi connectivity index (χ0v) is 16.8. The third-order valence-electron chi connectivity index (χ3n) is 3.41. The second kappa shape index (κ2) is 15.2. The van der Waals surface area contributed by atoms with Gasteiger partial charge in [-0.15, -0.1) is 0 Å². The zero-order valence-electron chi connectivity index (χ0n) is 16.8. The maximum absolute atomic E-state index is 2.18. The summed E-state index contributed by atoms with van der Waals surface area (Å²) < 4.78 is 0. The summed E-state index contributed by atoms with van der Waals surface area (Å²) in [6.07, 6.45) is 1.14. The summed E-state index contributed by atoms with van der Waals surface area (Å²) in [5.74, 6) is 0. The summed E-state index contributed by atoms with van der Waals surface area (Å²) in [5.41, 5.74) is 5.40. The van der Waals surface area contributed by atoms with Crippen molar-refractivity contribution in [1.82, 2.24) is 0 Å². The molecule has 3 aromatic carbocycles. The van der Waals surface area contributed by atoms with Gasteiger partial charge in [-0.2, -0.15) is 0 Å². The van der Waals surface area contributed by atoms with Crippen LogP contribution < -0.4 is 0 Å². The van der Waals surface area contributed by atoms with Crippen molar-refractivity contribution in [2.24, 2.45) is 0 Å². The van der Waals surface area contributed by atoms with Crippen LogP contribution in [-0.4, -0.2) is 0 Å². The molecule has 0 heterocycles. The Morgan fingerprint density at radius 1 is 0.480 bits per heavy atom. The summed E-state index contributed by atoms with van der Waals surface area (Å²) in [6.45, 7) is 12.4. The average molecular weight is 335 g/mol. The second-order valence-electron chi connectivity index (χ2n) is 5.65. The lowest BCUT2D eigenvalue weighted by molar-refractivity contribution is 1.14. The highest BCUT2D eigenvalue weighted by molar-refractivity contribution is 5.20. The Kier molecular flexibility index (Phi) is 13.8. The van der Waals surface area contributed by atoms with Crippen molar-refractivity contribution in [1.29, 1.82) is 0 Å². The molecule has 25 heavy (non-hydrogen) atoms. The van der Waals surface area contributed by atoms with E-state index in [-0.39, 0.29) is 0 Å². The Bertz CT molecular complexity index is 584. The lowest BCUT2D eigenvalue weighted by atomic mass is 10.1. The van der Waals surface area contributed by atoms with Crippen LogP contribution >= 0.6 is 0 Å². The first-order valence-electron chi connectivity index (χ1n) is 9.20. The van der Waals surface area contributed by atoms with Gasteiger partial charge in [-0.3, -0.25) is 0 Å². The van der Waals surface area contributed by atoms with E-state index in [1.54, 1.807) is 0 Å². The molecule has 0 unspecified atom stereocenters. The first kappa shape index (κ1) is 22.7. The first-order valence-corrected chi connectivity index (χ1v) is 9.20. The van der Waals surface area contributed by atoms with E-state index >= 15 is 0 Å². The molecular weight excluding hydrogens is 300 g/mol. The number of rotatable bonds is 1. The molecule has 0 heteroatoms. The number of benzene rings is 3. The molecule has 0 N–H and O–H groups in total. The van der Waals surface area contributed by atoms with Crippen molar-refractivity contribution in [3.05, 3.63) is 107 Å². The van der Waals surface area contributed by atoms with Crippen LogP contribution in [0.15, 0.2) is 84.9 Å². The first-order chi connectivity index (χ1) is 12.1. The predicted octanol–water partition coefficient (Wildman–Crippen LogP) is 7.57. The van der Waals surface area contributed by atoms with Gasteiger partial charge in [0, 0.05) is 0 Å². The van der Waals surface area contributed by atoms with Gasteiger partial charge in [0.2, 0.25) is 0 Å². The molecule has 0 atom stereocenters. The van der Waals surface area contributed by atoms with Crippen LogP contribution in [0.1, 0.15) is 43.0 Å². The van der Waals surface area contributed by atoms with Crippen molar-refractivity contribution in [2.45, 2.75) is 48.0 Å². The van der Waals surface area contributed by atoms with Crippen LogP contribution in [0.3, 0.4) is 0 Å². The largest absolute Gasteiger partial charge is 0.0683 e. The summed E-state index contributed by atoms with van der Waals surface area (Å²) >= 11 is 0. The molecule has 0 nitrogen and oxygen atoms in total. The van der Waals surface area contributed by atoms with E-state index < -0.39 is 0 Å². The summed E-state index contributed by atoms with van der Waals surface area (Å²) in [6, 6.07) is 29.2. The molecule has 0 radical (unpaired) electrons. The fraction of sp³-hybridized carbons (Fsp3) is 0.280. The van der Waals surface area contributed by atoms with E-state index in [0.29, 0.717) is 0 Å². The number of hydrogen-bond donors (Lipinski definition) is 0. The van der Waals surface area contributed by atoms with E-state index in [4.69, 9.17) is 0 Å².